The summed E-state index contributed by atoms with van der Waals surface area (Å²) in [5, 5.41) is 3.54. The number of hydrogen-bond donors (Lipinski definition) is 1. The molecule has 5 heteroatoms. The van der Waals surface area contributed by atoms with Gasteiger partial charge in [-0.1, -0.05) is 25.5 Å². The molecular weight excluding hydrogens is 277 g/mol. The zero-order valence-electron chi connectivity index (χ0n) is 12.4. The Hall–Kier alpha value is -1.07. The van der Waals surface area contributed by atoms with Crippen LogP contribution in [0.4, 0.5) is 13.2 Å². The number of nitrogens with zero attached hydrogens (tertiary/aromatic N) is 1. The summed E-state index contributed by atoms with van der Waals surface area (Å²) < 4.78 is 37.6. The molecule has 1 unspecified atom stereocenters. The summed E-state index contributed by atoms with van der Waals surface area (Å²) in [6.07, 6.45) is -0.882. The van der Waals surface area contributed by atoms with Gasteiger partial charge in [0.1, 0.15) is 0 Å². The summed E-state index contributed by atoms with van der Waals surface area (Å²) in [5.74, 6) is 0. The molecule has 2 nitrogen and oxygen atoms in total. The highest BCUT2D eigenvalue weighted by atomic mass is 19.4. The van der Waals surface area contributed by atoms with Crippen molar-refractivity contribution in [3.63, 3.8) is 0 Å². The quantitative estimate of drug-likeness (QED) is 0.912. The maximum atomic E-state index is 12.5. The van der Waals surface area contributed by atoms with E-state index < -0.39 is 11.7 Å². The Morgan fingerprint density at radius 2 is 1.95 bits per heavy atom. The van der Waals surface area contributed by atoms with Gasteiger partial charge < -0.3 is 5.32 Å². The van der Waals surface area contributed by atoms with Gasteiger partial charge in [-0.25, -0.2) is 0 Å². The summed E-state index contributed by atoms with van der Waals surface area (Å²) in [5.41, 5.74) is 0.368. The zero-order valence-corrected chi connectivity index (χ0v) is 12.4. The monoisotopic (exact) mass is 300 g/mol. The molecule has 1 fully saturated rings. The van der Waals surface area contributed by atoms with Crippen molar-refractivity contribution in [2.45, 2.75) is 44.9 Å². The lowest BCUT2D eigenvalue weighted by Gasteiger charge is -2.24. The molecule has 1 aromatic rings. The van der Waals surface area contributed by atoms with Gasteiger partial charge in [0.05, 0.1) is 5.56 Å². The average Bonchev–Trinajstić information content (AvgIpc) is 2.64. The van der Waals surface area contributed by atoms with E-state index in [0.717, 1.165) is 51.0 Å². The van der Waals surface area contributed by atoms with Gasteiger partial charge in [-0.05, 0) is 43.6 Å². The molecule has 1 atom stereocenters. The number of rotatable bonds is 4. The molecule has 1 N–H and O–H groups in total. The molecule has 1 aliphatic heterocycles. The third-order valence-corrected chi connectivity index (χ3v) is 3.89. The van der Waals surface area contributed by atoms with E-state index in [2.05, 4.69) is 17.1 Å². The SMILES string of the molecule is CCCC1CN(Cc2ccc(C(F)(F)F)cc2)CCCN1. The summed E-state index contributed by atoms with van der Waals surface area (Å²) in [7, 11) is 0. The van der Waals surface area contributed by atoms with Crippen LogP contribution in [0.15, 0.2) is 24.3 Å². The lowest BCUT2D eigenvalue weighted by molar-refractivity contribution is -0.137. The molecule has 1 aliphatic rings. The molecule has 2 rings (SSSR count). The van der Waals surface area contributed by atoms with E-state index in [1.807, 2.05) is 0 Å². The van der Waals surface area contributed by atoms with Crippen molar-refractivity contribution in [3.8, 4) is 0 Å². The minimum Gasteiger partial charge on any atom is -0.313 e. The first-order valence-electron chi connectivity index (χ1n) is 7.61. The van der Waals surface area contributed by atoms with E-state index in [1.165, 1.54) is 12.1 Å². The lowest BCUT2D eigenvalue weighted by Crippen LogP contribution is -2.37. The van der Waals surface area contributed by atoms with Crippen molar-refractivity contribution >= 4 is 0 Å². The normalized spacial score (nSPS) is 21.2. The fourth-order valence-corrected chi connectivity index (χ4v) is 2.82. The molecule has 1 heterocycles. The van der Waals surface area contributed by atoms with E-state index in [1.54, 1.807) is 12.1 Å². The molecule has 0 radical (unpaired) electrons. The average molecular weight is 300 g/mol. The van der Waals surface area contributed by atoms with Crippen LogP contribution in [0.3, 0.4) is 0 Å². The third kappa shape index (κ3) is 5.00. The van der Waals surface area contributed by atoms with Crippen LogP contribution in [0.5, 0.6) is 0 Å². The Morgan fingerprint density at radius 3 is 2.57 bits per heavy atom. The first-order valence-corrected chi connectivity index (χ1v) is 7.61. The number of alkyl halides is 3. The Kier molecular flexibility index (Phi) is 5.65. The van der Waals surface area contributed by atoms with Crippen molar-refractivity contribution in [1.29, 1.82) is 0 Å². The van der Waals surface area contributed by atoms with Crippen LogP contribution in [0.1, 0.15) is 37.3 Å². The largest absolute Gasteiger partial charge is 0.416 e. The van der Waals surface area contributed by atoms with Gasteiger partial charge in [0.2, 0.25) is 0 Å². The maximum Gasteiger partial charge on any atom is 0.416 e. The summed E-state index contributed by atoms with van der Waals surface area (Å²) in [6.45, 7) is 5.88. The minimum atomic E-state index is -4.25. The smallest absolute Gasteiger partial charge is 0.313 e. The van der Waals surface area contributed by atoms with E-state index in [-0.39, 0.29) is 0 Å². The molecule has 0 amide bonds. The molecular formula is C16H23F3N2. The van der Waals surface area contributed by atoms with Crippen molar-refractivity contribution < 1.29 is 13.2 Å². The standard InChI is InChI=1S/C16H23F3N2/c1-2-4-15-12-21(10-3-9-20-15)11-13-5-7-14(8-6-13)16(17,18)19/h5-8,15,20H,2-4,9-12H2,1H3. The Balaban J connectivity index is 1.96. The van der Waals surface area contributed by atoms with Gasteiger partial charge in [0, 0.05) is 19.1 Å². The molecule has 0 aliphatic carbocycles. The minimum absolute atomic E-state index is 0.493. The molecule has 0 aromatic heterocycles. The van der Waals surface area contributed by atoms with Crippen LogP contribution in [0.25, 0.3) is 0 Å². The van der Waals surface area contributed by atoms with Gasteiger partial charge in [0.15, 0.2) is 0 Å². The molecule has 1 aromatic carbocycles. The van der Waals surface area contributed by atoms with Gasteiger partial charge in [-0.15, -0.1) is 0 Å². The van der Waals surface area contributed by atoms with Crippen LogP contribution < -0.4 is 5.32 Å². The molecule has 1 saturated heterocycles. The second-order valence-electron chi connectivity index (χ2n) is 5.72. The summed E-state index contributed by atoms with van der Waals surface area (Å²) in [6, 6.07) is 6.03. The lowest BCUT2D eigenvalue weighted by atomic mass is 10.1. The number of hydrogen-bond acceptors (Lipinski definition) is 2. The third-order valence-electron chi connectivity index (χ3n) is 3.89. The Bertz CT molecular complexity index is 428. The van der Waals surface area contributed by atoms with Crippen LogP contribution in [0.2, 0.25) is 0 Å². The Labute approximate surface area is 124 Å². The first kappa shape index (κ1) is 16.3. The highest BCUT2D eigenvalue weighted by Crippen LogP contribution is 2.29. The van der Waals surface area contributed by atoms with Crippen molar-refractivity contribution in [3.05, 3.63) is 35.4 Å². The first-order chi connectivity index (χ1) is 9.99. The second kappa shape index (κ2) is 7.27. The summed E-state index contributed by atoms with van der Waals surface area (Å²) in [4.78, 5) is 2.34. The molecule has 0 bridgehead atoms. The summed E-state index contributed by atoms with van der Waals surface area (Å²) >= 11 is 0. The van der Waals surface area contributed by atoms with E-state index in [9.17, 15) is 13.2 Å². The zero-order chi connectivity index (χ0) is 15.3. The molecule has 0 saturated carbocycles. The maximum absolute atomic E-state index is 12.5. The molecule has 0 spiro atoms. The van der Waals surface area contributed by atoms with E-state index in [0.29, 0.717) is 6.04 Å². The van der Waals surface area contributed by atoms with Crippen LogP contribution >= 0.6 is 0 Å². The predicted molar refractivity (Wildman–Crippen MR) is 78.0 cm³/mol. The second-order valence-corrected chi connectivity index (χ2v) is 5.72. The van der Waals surface area contributed by atoms with Gasteiger partial charge >= 0.3 is 6.18 Å². The van der Waals surface area contributed by atoms with Gasteiger partial charge in [-0.2, -0.15) is 13.2 Å². The van der Waals surface area contributed by atoms with Crippen LogP contribution in [-0.4, -0.2) is 30.6 Å². The molecule has 21 heavy (non-hydrogen) atoms. The van der Waals surface area contributed by atoms with Crippen molar-refractivity contribution in [2.75, 3.05) is 19.6 Å². The fraction of sp³-hybridized carbons (Fsp3) is 0.625. The van der Waals surface area contributed by atoms with Crippen LogP contribution in [-0.2, 0) is 12.7 Å². The van der Waals surface area contributed by atoms with Crippen molar-refractivity contribution in [2.24, 2.45) is 0 Å². The van der Waals surface area contributed by atoms with E-state index in [4.69, 9.17) is 0 Å². The highest BCUT2D eigenvalue weighted by molar-refractivity contribution is 5.24. The van der Waals surface area contributed by atoms with Gasteiger partial charge in [-0.3, -0.25) is 4.90 Å². The van der Waals surface area contributed by atoms with Gasteiger partial charge in [0.25, 0.3) is 0 Å². The highest BCUT2D eigenvalue weighted by Gasteiger charge is 2.30. The fourth-order valence-electron chi connectivity index (χ4n) is 2.82. The number of benzene rings is 1. The molecule has 118 valence electrons. The number of halogens is 3. The Morgan fingerprint density at radius 1 is 1.24 bits per heavy atom. The van der Waals surface area contributed by atoms with Crippen LogP contribution in [0, 0.1) is 0 Å². The number of nitrogens with one attached hydrogen (secondary N) is 1. The van der Waals surface area contributed by atoms with Crippen molar-refractivity contribution in [1.82, 2.24) is 10.2 Å². The topological polar surface area (TPSA) is 15.3 Å². The van der Waals surface area contributed by atoms with E-state index >= 15 is 0 Å². The predicted octanol–water partition coefficient (Wildman–Crippen LogP) is 3.67.